The van der Waals surface area contributed by atoms with Crippen LogP contribution in [0.3, 0.4) is 0 Å². The average Bonchev–Trinajstić information content (AvgIpc) is 2.60. The van der Waals surface area contributed by atoms with E-state index in [1.807, 2.05) is 19.9 Å². The zero-order chi connectivity index (χ0) is 14.6. The van der Waals surface area contributed by atoms with E-state index in [1.54, 1.807) is 11.6 Å². The molecule has 0 spiro atoms. The van der Waals surface area contributed by atoms with Crippen LogP contribution < -0.4 is 0 Å². The molecule has 0 fully saturated rings. The van der Waals surface area contributed by atoms with Gasteiger partial charge < -0.3 is 5.11 Å². The van der Waals surface area contributed by atoms with E-state index in [0.717, 1.165) is 17.0 Å². The summed E-state index contributed by atoms with van der Waals surface area (Å²) in [5.74, 6) is 0. The molecule has 19 heavy (non-hydrogen) atoms. The van der Waals surface area contributed by atoms with Gasteiger partial charge in [0.2, 0.25) is 0 Å². The van der Waals surface area contributed by atoms with Crippen LogP contribution in [0.1, 0.15) is 23.9 Å². The highest BCUT2D eigenvalue weighted by Gasteiger charge is 2.14. The molecule has 1 aromatic heterocycles. The van der Waals surface area contributed by atoms with Gasteiger partial charge in [0.25, 0.3) is 0 Å². The molecule has 0 aliphatic rings. The molecular formula is C14H18N4O. The topological polar surface area (TPSA) is 74.2 Å². The third-order valence-corrected chi connectivity index (χ3v) is 2.65. The van der Waals surface area contributed by atoms with Crippen molar-refractivity contribution in [2.75, 3.05) is 0 Å². The quantitative estimate of drug-likeness (QED) is 0.648. The van der Waals surface area contributed by atoms with Crippen molar-refractivity contribution in [2.45, 2.75) is 33.4 Å². The van der Waals surface area contributed by atoms with Gasteiger partial charge in [0.15, 0.2) is 0 Å². The molecule has 0 aliphatic carbocycles. The van der Waals surface area contributed by atoms with Crippen LogP contribution in [-0.4, -0.2) is 27.2 Å². The van der Waals surface area contributed by atoms with Crippen LogP contribution in [-0.2, 0) is 6.54 Å². The van der Waals surface area contributed by atoms with E-state index < -0.39 is 6.10 Å². The van der Waals surface area contributed by atoms with Gasteiger partial charge in [0.05, 0.1) is 18.3 Å². The molecule has 1 N–H and O–H groups in total. The van der Waals surface area contributed by atoms with Crippen LogP contribution in [0.15, 0.2) is 23.8 Å². The number of rotatable bonds is 5. The first-order chi connectivity index (χ1) is 8.86. The van der Waals surface area contributed by atoms with E-state index in [4.69, 9.17) is 5.26 Å². The molecule has 1 rings (SSSR count). The number of aromatic nitrogens is 2. The number of hydrogen-bond acceptors (Lipinski definition) is 4. The Morgan fingerprint density at radius 3 is 2.74 bits per heavy atom. The molecular weight excluding hydrogens is 240 g/mol. The Bertz CT molecular complexity index is 573. The predicted molar refractivity (Wildman–Crippen MR) is 75.7 cm³/mol. The molecule has 1 heterocycles. The fourth-order valence-electron chi connectivity index (χ4n) is 1.84. The summed E-state index contributed by atoms with van der Waals surface area (Å²) in [7, 11) is 0. The van der Waals surface area contributed by atoms with E-state index in [-0.39, 0.29) is 5.70 Å². The van der Waals surface area contributed by atoms with E-state index in [0.29, 0.717) is 12.1 Å². The van der Waals surface area contributed by atoms with Gasteiger partial charge in [-0.05, 0) is 26.3 Å². The van der Waals surface area contributed by atoms with Crippen molar-refractivity contribution in [3.63, 3.8) is 0 Å². The first-order valence-electron chi connectivity index (χ1n) is 5.91. The fraction of sp³-hybridized carbons (Fsp3) is 0.357. The standard InChI is InChI=1S/C14H18N4O/c1-9(7-16-10(2)6-15)14-12(4)17-18(13(14)5)8-11(3)19/h7,11,19H,1-2,8H2,3-5H3/b16-7+/t11-/m1/s1. The van der Waals surface area contributed by atoms with Gasteiger partial charge in [0, 0.05) is 17.5 Å². The third-order valence-electron chi connectivity index (χ3n) is 2.65. The summed E-state index contributed by atoms with van der Waals surface area (Å²) in [5.41, 5.74) is 3.42. The number of nitriles is 1. The lowest BCUT2D eigenvalue weighted by molar-refractivity contribution is 0.167. The third kappa shape index (κ3) is 3.63. The lowest BCUT2D eigenvalue weighted by Crippen LogP contribution is -2.14. The van der Waals surface area contributed by atoms with E-state index in [2.05, 4.69) is 23.2 Å². The number of aliphatic hydroxyl groups excluding tert-OH is 1. The normalized spacial score (nSPS) is 12.4. The number of nitrogens with zero attached hydrogens (tertiary/aromatic N) is 4. The molecule has 0 bridgehead atoms. The van der Waals surface area contributed by atoms with Crippen molar-refractivity contribution in [1.82, 2.24) is 9.78 Å². The summed E-state index contributed by atoms with van der Waals surface area (Å²) in [4.78, 5) is 3.90. The summed E-state index contributed by atoms with van der Waals surface area (Å²) >= 11 is 0. The van der Waals surface area contributed by atoms with Gasteiger partial charge in [0.1, 0.15) is 11.8 Å². The number of aryl methyl sites for hydroxylation is 1. The van der Waals surface area contributed by atoms with Crippen LogP contribution in [0, 0.1) is 25.2 Å². The molecule has 1 atom stereocenters. The van der Waals surface area contributed by atoms with Crippen LogP contribution in [0.5, 0.6) is 0 Å². The van der Waals surface area contributed by atoms with Gasteiger partial charge in [-0.2, -0.15) is 10.4 Å². The minimum absolute atomic E-state index is 0.132. The van der Waals surface area contributed by atoms with Crippen molar-refractivity contribution in [1.29, 1.82) is 5.26 Å². The second kappa shape index (κ2) is 6.12. The maximum Gasteiger partial charge on any atom is 0.133 e. The second-order valence-electron chi connectivity index (χ2n) is 4.42. The number of aliphatic imine (C=N–C) groups is 1. The van der Waals surface area contributed by atoms with Crippen molar-refractivity contribution in [3.05, 3.63) is 35.8 Å². The van der Waals surface area contributed by atoms with Gasteiger partial charge in [-0.1, -0.05) is 13.2 Å². The van der Waals surface area contributed by atoms with E-state index in [9.17, 15) is 5.11 Å². The number of allylic oxidation sites excluding steroid dienone is 2. The highest BCUT2D eigenvalue weighted by Crippen LogP contribution is 2.20. The molecule has 0 unspecified atom stereocenters. The smallest absolute Gasteiger partial charge is 0.133 e. The first kappa shape index (κ1) is 14.9. The summed E-state index contributed by atoms with van der Waals surface area (Å²) in [6.07, 6.45) is 1.04. The minimum atomic E-state index is -0.467. The molecule has 1 aromatic rings. The molecule has 0 aliphatic heterocycles. The summed E-state index contributed by atoms with van der Waals surface area (Å²) in [5, 5.41) is 22.4. The van der Waals surface area contributed by atoms with Gasteiger partial charge in [-0.3, -0.25) is 4.68 Å². The Hall–Kier alpha value is -2.19. The van der Waals surface area contributed by atoms with Crippen LogP contribution in [0.25, 0.3) is 5.57 Å². The first-order valence-corrected chi connectivity index (χ1v) is 5.91. The largest absolute Gasteiger partial charge is 0.391 e. The molecule has 100 valence electrons. The lowest BCUT2D eigenvalue weighted by atomic mass is 10.1. The fourth-order valence-corrected chi connectivity index (χ4v) is 1.84. The lowest BCUT2D eigenvalue weighted by Gasteiger charge is -2.07. The Labute approximate surface area is 113 Å². The zero-order valence-corrected chi connectivity index (χ0v) is 11.5. The number of hydrogen-bond donors (Lipinski definition) is 1. The van der Waals surface area contributed by atoms with Crippen molar-refractivity contribution < 1.29 is 5.11 Å². The maximum atomic E-state index is 9.42. The Morgan fingerprint density at radius 2 is 2.21 bits per heavy atom. The predicted octanol–water partition coefficient (Wildman–Crippen LogP) is 2.00. The highest BCUT2D eigenvalue weighted by molar-refractivity contribution is 6.10. The minimum Gasteiger partial charge on any atom is -0.391 e. The highest BCUT2D eigenvalue weighted by atomic mass is 16.3. The van der Waals surface area contributed by atoms with Gasteiger partial charge >= 0.3 is 0 Å². The molecule has 0 saturated carbocycles. The summed E-state index contributed by atoms with van der Waals surface area (Å²) in [6, 6.07) is 1.84. The molecule has 5 nitrogen and oxygen atoms in total. The SMILES string of the molecule is C=C(C#N)/N=C/C(=C)c1c(C)nn(C[C@@H](C)O)c1C. The Balaban J connectivity index is 3.05. The zero-order valence-electron chi connectivity index (χ0n) is 11.5. The summed E-state index contributed by atoms with van der Waals surface area (Å²) in [6.45, 7) is 13.3. The van der Waals surface area contributed by atoms with E-state index >= 15 is 0 Å². The molecule has 0 saturated heterocycles. The van der Waals surface area contributed by atoms with Crippen molar-refractivity contribution >= 4 is 11.8 Å². The molecule has 5 heteroatoms. The van der Waals surface area contributed by atoms with Crippen LogP contribution >= 0.6 is 0 Å². The second-order valence-corrected chi connectivity index (χ2v) is 4.42. The number of aliphatic hydroxyl groups is 1. The molecule has 0 amide bonds. The van der Waals surface area contributed by atoms with Crippen molar-refractivity contribution in [3.8, 4) is 6.07 Å². The molecule has 0 radical (unpaired) electrons. The van der Waals surface area contributed by atoms with E-state index in [1.165, 1.54) is 6.21 Å². The van der Waals surface area contributed by atoms with Gasteiger partial charge in [-0.25, -0.2) is 4.99 Å². The summed E-state index contributed by atoms with van der Waals surface area (Å²) < 4.78 is 1.74. The molecule has 0 aromatic carbocycles. The van der Waals surface area contributed by atoms with Gasteiger partial charge in [-0.15, -0.1) is 0 Å². The van der Waals surface area contributed by atoms with Crippen LogP contribution in [0.4, 0.5) is 0 Å². The van der Waals surface area contributed by atoms with Crippen LogP contribution in [0.2, 0.25) is 0 Å². The van der Waals surface area contributed by atoms with Crippen molar-refractivity contribution in [2.24, 2.45) is 4.99 Å². The monoisotopic (exact) mass is 258 g/mol. The average molecular weight is 258 g/mol. The Morgan fingerprint density at radius 1 is 1.58 bits per heavy atom. The maximum absolute atomic E-state index is 9.42. The Kier molecular flexibility index (Phi) is 4.79.